The Kier molecular flexibility index (Phi) is 8.00. The maximum Gasteiger partial charge on any atom is 0.305 e. The number of rotatable bonds is 10. The zero-order valence-corrected chi connectivity index (χ0v) is 18.7. The van der Waals surface area contributed by atoms with Gasteiger partial charge in [-0.15, -0.1) is 0 Å². The lowest BCUT2D eigenvalue weighted by atomic mass is 10.2. The molecule has 0 atom stereocenters. The van der Waals surface area contributed by atoms with Crippen molar-refractivity contribution in [2.75, 3.05) is 0 Å². The van der Waals surface area contributed by atoms with Crippen LogP contribution in [-0.4, -0.2) is 12.1 Å². The van der Waals surface area contributed by atoms with Crippen LogP contribution in [0.1, 0.15) is 16.7 Å². The molecule has 0 unspecified atom stereocenters. The number of carbonyl (C=O) groups is 1. The van der Waals surface area contributed by atoms with Crippen LogP contribution in [0.5, 0.6) is 11.5 Å². The van der Waals surface area contributed by atoms with Gasteiger partial charge in [-0.05, 0) is 34.9 Å². The van der Waals surface area contributed by atoms with Gasteiger partial charge in [-0.1, -0.05) is 66.7 Å². The molecule has 6 heteroatoms. The highest BCUT2D eigenvalue weighted by Crippen LogP contribution is 2.29. The van der Waals surface area contributed by atoms with Crippen molar-refractivity contribution < 1.29 is 18.8 Å². The summed E-state index contributed by atoms with van der Waals surface area (Å²) in [6.45, 7) is 1.03. The fraction of sp³-hybridized carbons (Fsp3) is 0.107. The number of nitrogens with zero attached hydrogens (tertiary/aromatic N) is 2. The summed E-state index contributed by atoms with van der Waals surface area (Å²) in [7, 11) is 0. The van der Waals surface area contributed by atoms with E-state index in [2.05, 4.69) is 10.5 Å². The van der Waals surface area contributed by atoms with Gasteiger partial charge in [0.05, 0.1) is 6.21 Å². The summed E-state index contributed by atoms with van der Waals surface area (Å²) in [6.07, 6.45) is 5.24. The van der Waals surface area contributed by atoms with Crippen molar-refractivity contribution in [1.29, 1.82) is 0 Å². The summed E-state index contributed by atoms with van der Waals surface area (Å²) in [4.78, 5) is 12.1. The predicted molar refractivity (Wildman–Crippen MR) is 130 cm³/mol. The number of pyridine rings is 1. The topological polar surface area (TPSA) is 63.8 Å². The number of hydrogen-bond donors (Lipinski definition) is 1. The Balaban J connectivity index is 1.43. The van der Waals surface area contributed by atoms with Crippen molar-refractivity contribution in [1.82, 2.24) is 5.43 Å². The predicted octanol–water partition coefficient (Wildman–Crippen LogP) is 4.28. The van der Waals surface area contributed by atoms with E-state index in [-0.39, 0.29) is 12.5 Å². The third-order valence-electron chi connectivity index (χ3n) is 4.95. The number of ether oxygens (including phenoxy) is 2. The molecule has 4 rings (SSSR count). The third kappa shape index (κ3) is 7.03. The second-order valence-electron chi connectivity index (χ2n) is 7.60. The molecule has 0 aliphatic rings. The van der Waals surface area contributed by atoms with Gasteiger partial charge in [-0.25, -0.2) is 5.43 Å². The Morgan fingerprint density at radius 1 is 0.765 bits per heavy atom. The molecule has 1 aromatic heterocycles. The number of amides is 1. The van der Waals surface area contributed by atoms with Crippen LogP contribution in [-0.2, 0) is 24.6 Å². The molecule has 3 aromatic carbocycles. The lowest BCUT2D eigenvalue weighted by Crippen LogP contribution is -2.40. The first-order chi connectivity index (χ1) is 16.8. The van der Waals surface area contributed by atoms with Crippen LogP contribution >= 0.6 is 0 Å². The molecule has 0 saturated heterocycles. The van der Waals surface area contributed by atoms with Crippen LogP contribution in [0.25, 0.3) is 0 Å². The van der Waals surface area contributed by atoms with E-state index < -0.39 is 0 Å². The smallest absolute Gasteiger partial charge is 0.305 e. The molecule has 170 valence electrons. The first kappa shape index (κ1) is 22.7. The first-order valence-electron chi connectivity index (χ1n) is 11.0. The summed E-state index contributed by atoms with van der Waals surface area (Å²) < 4.78 is 13.9. The highest BCUT2D eigenvalue weighted by molar-refractivity contribution is 5.83. The Labute approximate surface area is 199 Å². The zero-order chi connectivity index (χ0) is 23.4. The Morgan fingerprint density at radius 3 is 2.00 bits per heavy atom. The molecule has 6 nitrogen and oxygen atoms in total. The molecule has 0 aliphatic heterocycles. The first-order valence-corrected chi connectivity index (χ1v) is 11.0. The van der Waals surface area contributed by atoms with E-state index in [1.54, 1.807) is 10.8 Å². The Bertz CT molecular complexity index is 1210. The van der Waals surface area contributed by atoms with Gasteiger partial charge in [0.25, 0.3) is 0 Å². The van der Waals surface area contributed by atoms with Crippen LogP contribution in [0.15, 0.2) is 115 Å². The van der Waals surface area contributed by atoms with E-state index in [0.717, 1.165) is 16.7 Å². The number of nitrogens with one attached hydrogen (secondary N) is 1. The summed E-state index contributed by atoms with van der Waals surface area (Å²) in [5, 5.41) is 4.09. The van der Waals surface area contributed by atoms with E-state index in [1.165, 1.54) is 0 Å². The molecule has 0 spiro atoms. The number of aromatic nitrogens is 1. The van der Waals surface area contributed by atoms with Crippen molar-refractivity contribution in [3.8, 4) is 11.5 Å². The van der Waals surface area contributed by atoms with Gasteiger partial charge in [0.2, 0.25) is 6.54 Å². The van der Waals surface area contributed by atoms with E-state index in [0.29, 0.717) is 24.7 Å². The molecule has 0 bridgehead atoms. The number of hydrazone groups is 1. The molecule has 0 radical (unpaired) electrons. The molecular formula is C28H26N3O3+. The summed E-state index contributed by atoms with van der Waals surface area (Å²) in [6, 6.07) is 31.1. The number of carbonyl (C=O) groups excluding carboxylic acids is 1. The Morgan fingerprint density at radius 2 is 1.35 bits per heavy atom. The number of benzene rings is 3. The van der Waals surface area contributed by atoms with Crippen molar-refractivity contribution in [3.63, 3.8) is 0 Å². The van der Waals surface area contributed by atoms with Crippen LogP contribution in [0.2, 0.25) is 0 Å². The fourth-order valence-electron chi connectivity index (χ4n) is 3.23. The molecule has 1 N–H and O–H groups in total. The normalized spacial score (nSPS) is 10.7. The minimum atomic E-state index is -0.212. The largest absolute Gasteiger partial charge is 0.485 e. The highest BCUT2D eigenvalue weighted by Gasteiger charge is 2.09. The molecule has 0 aliphatic carbocycles. The van der Waals surface area contributed by atoms with Crippen LogP contribution in [0.3, 0.4) is 0 Å². The van der Waals surface area contributed by atoms with Gasteiger partial charge in [-0.2, -0.15) is 9.67 Å². The van der Waals surface area contributed by atoms with Crippen molar-refractivity contribution >= 4 is 12.1 Å². The fourth-order valence-corrected chi connectivity index (χ4v) is 3.23. The maximum absolute atomic E-state index is 12.1. The maximum atomic E-state index is 12.1. The minimum absolute atomic E-state index is 0.190. The lowest BCUT2D eigenvalue weighted by Gasteiger charge is -2.14. The van der Waals surface area contributed by atoms with Crippen LogP contribution in [0, 0.1) is 0 Å². The summed E-state index contributed by atoms with van der Waals surface area (Å²) >= 11 is 0. The zero-order valence-electron chi connectivity index (χ0n) is 18.7. The second kappa shape index (κ2) is 12.0. The average Bonchev–Trinajstić information content (AvgIpc) is 2.88. The van der Waals surface area contributed by atoms with Gasteiger partial charge in [-0.3, -0.25) is 4.79 Å². The molecule has 34 heavy (non-hydrogen) atoms. The number of hydrogen-bond acceptors (Lipinski definition) is 4. The Hall–Kier alpha value is -4.45. The third-order valence-corrected chi connectivity index (χ3v) is 4.95. The van der Waals surface area contributed by atoms with E-state index in [4.69, 9.17) is 9.47 Å². The molecule has 1 amide bonds. The minimum Gasteiger partial charge on any atom is -0.485 e. The van der Waals surface area contributed by atoms with Gasteiger partial charge in [0.1, 0.15) is 13.2 Å². The molecule has 0 saturated carbocycles. The molecule has 1 heterocycles. The summed E-state index contributed by atoms with van der Waals surface area (Å²) in [5.41, 5.74) is 5.46. The highest BCUT2D eigenvalue weighted by atomic mass is 16.5. The van der Waals surface area contributed by atoms with Gasteiger partial charge < -0.3 is 9.47 Å². The molecule has 0 fully saturated rings. The monoisotopic (exact) mass is 452 g/mol. The van der Waals surface area contributed by atoms with Crippen molar-refractivity contribution in [3.05, 3.63) is 126 Å². The molecular weight excluding hydrogens is 426 g/mol. The quantitative estimate of drug-likeness (QED) is 0.222. The van der Waals surface area contributed by atoms with E-state index in [1.807, 2.05) is 109 Å². The van der Waals surface area contributed by atoms with E-state index in [9.17, 15) is 4.79 Å². The van der Waals surface area contributed by atoms with Crippen LogP contribution in [0.4, 0.5) is 0 Å². The lowest BCUT2D eigenvalue weighted by molar-refractivity contribution is -0.684. The van der Waals surface area contributed by atoms with Gasteiger partial charge >= 0.3 is 5.91 Å². The van der Waals surface area contributed by atoms with Gasteiger partial charge in [0.15, 0.2) is 23.9 Å². The van der Waals surface area contributed by atoms with Gasteiger partial charge in [0, 0.05) is 12.1 Å². The van der Waals surface area contributed by atoms with E-state index >= 15 is 0 Å². The summed E-state index contributed by atoms with van der Waals surface area (Å²) in [5.74, 6) is 1.03. The van der Waals surface area contributed by atoms with Crippen molar-refractivity contribution in [2.45, 2.75) is 19.8 Å². The SMILES string of the molecule is O=C(C[n+]1ccccc1)N/N=C/c1ccc(OCc2ccccc2)c(OCc2ccccc2)c1. The average molecular weight is 453 g/mol. The van der Waals surface area contributed by atoms with Crippen LogP contribution < -0.4 is 19.5 Å². The standard InChI is InChI=1S/C28H25N3O3/c32-28(20-31-16-8-3-9-17-31)30-29-19-25-14-15-26(33-21-23-10-4-1-5-11-23)27(18-25)34-22-24-12-6-2-7-13-24/h1-19H,20-22H2/p+1/b29-19+. The second-order valence-corrected chi connectivity index (χ2v) is 7.60. The van der Waals surface area contributed by atoms with Crippen molar-refractivity contribution in [2.24, 2.45) is 5.10 Å². The molecule has 4 aromatic rings.